The minimum atomic E-state index is -0.431. The number of hydroxylamine groups is 2. The normalized spacial score (nSPS) is 25.2. The zero-order valence-corrected chi connectivity index (χ0v) is 12.6. The summed E-state index contributed by atoms with van der Waals surface area (Å²) >= 11 is 0. The Balaban J connectivity index is 1.90. The van der Waals surface area contributed by atoms with Gasteiger partial charge in [-0.05, 0) is 38.2 Å². The standard InChI is InChI=1S/C16H24N2O3/c1-3-9-21-10-5-4-6-13-12(2)11-17-15-14(13)7-8-18(20)16(15)19/h3,11,14-15,20H,1,4-10H2,2H3. The molecule has 2 unspecified atom stereocenters. The number of allylic oxidation sites excluding steroid dienone is 1. The Kier molecular flexibility index (Phi) is 5.70. The predicted molar refractivity (Wildman–Crippen MR) is 81.5 cm³/mol. The van der Waals surface area contributed by atoms with Crippen LogP contribution in [0.1, 0.15) is 32.6 Å². The van der Waals surface area contributed by atoms with E-state index >= 15 is 0 Å². The second-order valence-electron chi connectivity index (χ2n) is 5.61. The van der Waals surface area contributed by atoms with Crippen molar-refractivity contribution in [1.82, 2.24) is 5.06 Å². The average molecular weight is 292 g/mol. The second kappa shape index (κ2) is 7.52. The summed E-state index contributed by atoms with van der Waals surface area (Å²) in [5.74, 6) is -0.123. The fourth-order valence-corrected chi connectivity index (χ4v) is 3.02. The first kappa shape index (κ1) is 15.9. The highest BCUT2D eigenvalue weighted by Gasteiger charge is 2.39. The second-order valence-corrected chi connectivity index (χ2v) is 5.61. The number of ether oxygens (including phenoxy) is 1. The number of hydrogen-bond donors (Lipinski definition) is 1. The molecular formula is C16H24N2O3. The summed E-state index contributed by atoms with van der Waals surface area (Å²) in [4.78, 5) is 16.3. The SMILES string of the molecule is C=CCOCCCCC1=C(C)C=NC2C(=O)N(O)CCC12. The molecule has 0 aromatic rings. The lowest BCUT2D eigenvalue weighted by atomic mass is 9.79. The van der Waals surface area contributed by atoms with Gasteiger partial charge in [0, 0.05) is 25.3 Å². The zero-order valence-electron chi connectivity index (χ0n) is 12.6. The van der Waals surface area contributed by atoms with Crippen LogP contribution in [0.2, 0.25) is 0 Å². The van der Waals surface area contributed by atoms with Crippen LogP contribution in [0.3, 0.4) is 0 Å². The van der Waals surface area contributed by atoms with Crippen LogP contribution in [0.5, 0.6) is 0 Å². The number of carbonyl (C=O) groups excluding carboxylic acids is 1. The van der Waals surface area contributed by atoms with Crippen LogP contribution in [-0.2, 0) is 9.53 Å². The van der Waals surface area contributed by atoms with Gasteiger partial charge in [0.05, 0.1) is 6.61 Å². The molecule has 1 N–H and O–H groups in total. The van der Waals surface area contributed by atoms with Gasteiger partial charge >= 0.3 is 0 Å². The number of carbonyl (C=O) groups is 1. The summed E-state index contributed by atoms with van der Waals surface area (Å²) in [6.45, 7) is 7.41. The summed E-state index contributed by atoms with van der Waals surface area (Å²) in [5, 5.41) is 10.3. The topological polar surface area (TPSA) is 62.1 Å². The number of fused-ring (bicyclic) bond motifs is 1. The number of dihydropyridines is 1. The van der Waals surface area contributed by atoms with Gasteiger partial charge in [0.25, 0.3) is 5.91 Å². The summed E-state index contributed by atoms with van der Waals surface area (Å²) in [5.41, 5.74) is 2.49. The van der Waals surface area contributed by atoms with Gasteiger partial charge in [-0.3, -0.25) is 15.0 Å². The fourth-order valence-electron chi connectivity index (χ4n) is 3.02. The van der Waals surface area contributed by atoms with E-state index in [1.54, 1.807) is 12.3 Å². The smallest absolute Gasteiger partial charge is 0.271 e. The average Bonchev–Trinajstić information content (AvgIpc) is 2.48. The van der Waals surface area contributed by atoms with Crippen LogP contribution < -0.4 is 0 Å². The van der Waals surface area contributed by atoms with E-state index in [-0.39, 0.29) is 11.8 Å². The van der Waals surface area contributed by atoms with E-state index in [0.29, 0.717) is 13.2 Å². The van der Waals surface area contributed by atoms with Gasteiger partial charge in [0.2, 0.25) is 0 Å². The third-order valence-electron chi connectivity index (χ3n) is 4.14. The largest absolute Gasteiger partial charge is 0.377 e. The maximum absolute atomic E-state index is 12.0. The Morgan fingerprint density at radius 3 is 3.14 bits per heavy atom. The minimum absolute atomic E-state index is 0.153. The lowest BCUT2D eigenvalue weighted by molar-refractivity contribution is -0.173. The van der Waals surface area contributed by atoms with E-state index in [1.165, 1.54) is 11.1 Å². The van der Waals surface area contributed by atoms with Gasteiger partial charge < -0.3 is 4.74 Å². The molecule has 1 fully saturated rings. The van der Waals surface area contributed by atoms with Crippen molar-refractivity contribution < 1.29 is 14.7 Å². The molecule has 0 bridgehead atoms. The number of rotatable bonds is 7. The summed E-state index contributed by atoms with van der Waals surface area (Å²) < 4.78 is 5.38. The summed E-state index contributed by atoms with van der Waals surface area (Å²) in [6, 6.07) is -0.431. The Bertz CT molecular complexity index is 456. The van der Waals surface area contributed by atoms with Gasteiger partial charge in [0.15, 0.2) is 0 Å². The lowest BCUT2D eigenvalue weighted by Gasteiger charge is -2.36. The van der Waals surface area contributed by atoms with Gasteiger partial charge in [-0.25, -0.2) is 5.06 Å². The molecule has 2 rings (SSSR count). The minimum Gasteiger partial charge on any atom is -0.377 e. The quantitative estimate of drug-likeness (QED) is 0.445. The Hall–Kier alpha value is -1.46. The molecule has 0 aliphatic carbocycles. The Morgan fingerprint density at radius 2 is 2.38 bits per heavy atom. The molecule has 0 aromatic heterocycles. The van der Waals surface area contributed by atoms with E-state index in [9.17, 15) is 10.0 Å². The maximum Gasteiger partial charge on any atom is 0.271 e. The van der Waals surface area contributed by atoms with E-state index in [1.807, 2.05) is 0 Å². The molecule has 5 heteroatoms. The first-order chi connectivity index (χ1) is 10.1. The molecule has 1 amide bonds. The van der Waals surface area contributed by atoms with Crippen LogP contribution in [0.15, 0.2) is 28.8 Å². The van der Waals surface area contributed by atoms with Crippen molar-refractivity contribution >= 4 is 12.1 Å². The van der Waals surface area contributed by atoms with Crippen molar-refractivity contribution in [3.05, 3.63) is 23.8 Å². The van der Waals surface area contributed by atoms with Crippen LogP contribution in [0, 0.1) is 5.92 Å². The van der Waals surface area contributed by atoms with Gasteiger partial charge in [-0.1, -0.05) is 11.6 Å². The first-order valence-corrected chi connectivity index (χ1v) is 7.57. The molecule has 0 aromatic carbocycles. The van der Waals surface area contributed by atoms with E-state index in [2.05, 4.69) is 18.5 Å². The highest BCUT2D eigenvalue weighted by atomic mass is 16.5. The van der Waals surface area contributed by atoms with Crippen LogP contribution >= 0.6 is 0 Å². The van der Waals surface area contributed by atoms with Gasteiger partial charge in [0.1, 0.15) is 6.04 Å². The molecule has 21 heavy (non-hydrogen) atoms. The third kappa shape index (κ3) is 3.80. The molecule has 2 aliphatic heterocycles. The van der Waals surface area contributed by atoms with Crippen molar-refractivity contribution in [1.29, 1.82) is 0 Å². The monoisotopic (exact) mass is 292 g/mol. The van der Waals surface area contributed by atoms with Crippen molar-refractivity contribution in [2.24, 2.45) is 10.9 Å². The fraction of sp³-hybridized carbons (Fsp3) is 0.625. The molecule has 5 nitrogen and oxygen atoms in total. The molecule has 0 spiro atoms. The van der Waals surface area contributed by atoms with Crippen molar-refractivity contribution in [2.45, 2.75) is 38.6 Å². The maximum atomic E-state index is 12.0. The van der Waals surface area contributed by atoms with Crippen molar-refractivity contribution in [3.8, 4) is 0 Å². The molecule has 2 heterocycles. The van der Waals surface area contributed by atoms with E-state index in [0.717, 1.165) is 37.4 Å². The molecule has 116 valence electrons. The van der Waals surface area contributed by atoms with Crippen LogP contribution in [0.25, 0.3) is 0 Å². The number of aliphatic imine (C=N–C) groups is 1. The number of piperidine rings is 1. The molecule has 2 aliphatic rings. The predicted octanol–water partition coefficient (Wildman–Crippen LogP) is 2.37. The summed E-state index contributed by atoms with van der Waals surface area (Å²) in [7, 11) is 0. The molecular weight excluding hydrogens is 268 g/mol. The highest BCUT2D eigenvalue weighted by Crippen LogP contribution is 2.34. The number of unbranched alkanes of at least 4 members (excludes halogenated alkanes) is 1. The Morgan fingerprint density at radius 1 is 1.57 bits per heavy atom. The Labute approximate surface area is 126 Å². The lowest BCUT2D eigenvalue weighted by Crippen LogP contribution is -2.48. The number of amides is 1. The molecule has 2 atom stereocenters. The van der Waals surface area contributed by atoms with Crippen LogP contribution in [0.4, 0.5) is 0 Å². The molecule has 0 radical (unpaired) electrons. The highest BCUT2D eigenvalue weighted by molar-refractivity contribution is 5.89. The number of hydrogen-bond acceptors (Lipinski definition) is 4. The van der Waals surface area contributed by atoms with Gasteiger partial charge in [-0.15, -0.1) is 6.58 Å². The van der Waals surface area contributed by atoms with E-state index < -0.39 is 6.04 Å². The van der Waals surface area contributed by atoms with E-state index in [4.69, 9.17) is 4.74 Å². The van der Waals surface area contributed by atoms with Crippen LogP contribution in [-0.4, -0.2) is 48.2 Å². The van der Waals surface area contributed by atoms with Crippen molar-refractivity contribution in [3.63, 3.8) is 0 Å². The van der Waals surface area contributed by atoms with Gasteiger partial charge in [-0.2, -0.15) is 0 Å². The number of nitrogens with zero attached hydrogens (tertiary/aromatic N) is 2. The van der Waals surface area contributed by atoms with Crippen molar-refractivity contribution in [2.75, 3.05) is 19.8 Å². The third-order valence-corrected chi connectivity index (χ3v) is 4.14. The zero-order chi connectivity index (χ0) is 15.2. The summed E-state index contributed by atoms with van der Waals surface area (Å²) in [6.07, 6.45) is 7.32. The molecule has 1 saturated heterocycles. The first-order valence-electron chi connectivity index (χ1n) is 7.57. The molecule has 0 saturated carbocycles.